The summed E-state index contributed by atoms with van der Waals surface area (Å²) in [5.41, 5.74) is 1.14. The molecule has 0 saturated heterocycles. The predicted molar refractivity (Wildman–Crippen MR) is 82.0 cm³/mol. The van der Waals surface area contributed by atoms with Gasteiger partial charge in [-0.2, -0.15) is 0 Å². The van der Waals surface area contributed by atoms with E-state index in [1.807, 2.05) is 32.9 Å². The zero-order chi connectivity index (χ0) is 15.0. The Labute approximate surface area is 122 Å². The molecule has 0 amide bonds. The van der Waals surface area contributed by atoms with Crippen molar-refractivity contribution >= 4 is 0 Å². The van der Waals surface area contributed by atoms with Gasteiger partial charge in [-0.05, 0) is 44.9 Å². The Bertz CT molecular complexity index is 403. The fourth-order valence-corrected chi connectivity index (χ4v) is 1.91. The molecule has 4 heteroatoms. The second-order valence-electron chi connectivity index (χ2n) is 5.29. The molecule has 0 unspecified atom stereocenters. The molecule has 1 aromatic rings. The first-order chi connectivity index (χ1) is 9.54. The van der Waals surface area contributed by atoms with Crippen LogP contribution < -0.4 is 10.1 Å². The van der Waals surface area contributed by atoms with Crippen LogP contribution in [0.4, 0.5) is 0 Å². The molecule has 0 aliphatic carbocycles. The molecule has 0 fully saturated rings. The SMILES string of the molecule is CCCNCc1nc(C)ccc1OCC(O)(CC)CC. The minimum atomic E-state index is -0.751. The molecule has 2 N–H and O–H groups in total. The molecule has 1 heterocycles. The Hall–Kier alpha value is -1.13. The highest BCUT2D eigenvalue weighted by atomic mass is 16.5. The lowest BCUT2D eigenvalue weighted by molar-refractivity contribution is -0.0117. The van der Waals surface area contributed by atoms with Crippen LogP contribution in [0.15, 0.2) is 12.1 Å². The molecule has 0 aromatic carbocycles. The Balaban J connectivity index is 2.73. The van der Waals surface area contributed by atoms with E-state index in [2.05, 4.69) is 17.2 Å². The molecule has 0 radical (unpaired) electrons. The third kappa shape index (κ3) is 5.10. The molecule has 0 spiro atoms. The normalized spacial score (nSPS) is 11.7. The van der Waals surface area contributed by atoms with Crippen LogP contribution in [-0.2, 0) is 6.54 Å². The molecule has 1 aromatic heterocycles. The van der Waals surface area contributed by atoms with E-state index >= 15 is 0 Å². The molecular weight excluding hydrogens is 252 g/mol. The van der Waals surface area contributed by atoms with Crippen LogP contribution in [0.3, 0.4) is 0 Å². The molecule has 0 aliphatic heterocycles. The van der Waals surface area contributed by atoms with Crippen LogP contribution in [0.2, 0.25) is 0 Å². The molecule has 0 bridgehead atoms. The minimum Gasteiger partial charge on any atom is -0.489 e. The summed E-state index contributed by atoms with van der Waals surface area (Å²) in [4.78, 5) is 4.53. The van der Waals surface area contributed by atoms with Crippen molar-refractivity contribution in [2.45, 2.75) is 59.1 Å². The number of aryl methyl sites for hydroxylation is 1. The zero-order valence-electron chi connectivity index (χ0n) is 13.2. The Morgan fingerprint density at radius 3 is 2.55 bits per heavy atom. The summed E-state index contributed by atoms with van der Waals surface area (Å²) < 4.78 is 5.82. The first-order valence-corrected chi connectivity index (χ1v) is 7.57. The fraction of sp³-hybridized carbons (Fsp3) is 0.688. The van der Waals surface area contributed by atoms with E-state index in [0.29, 0.717) is 26.0 Å². The van der Waals surface area contributed by atoms with Gasteiger partial charge in [-0.25, -0.2) is 0 Å². The highest BCUT2D eigenvalue weighted by Crippen LogP contribution is 2.21. The molecule has 4 nitrogen and oxygen atoms in total. The van der Waals surface area contributed by atoms with Crippen molar-refractivity contribution in [2.75, 3.05) is 13.2 Å². The van der Waals surface area contributed by atoms with E-state index in [9.17, 15) is 5.11 Å². The van der Waals surface area contributed by atoms with Crippen molar-refractivity contribution in [2.24, 2.45) is 0 Å². The molecule has 114 valence electrons. The monoisotopic (exact) mass is 280 g/mol. The lowest BCUT2D eigenvalue weighted by Crippen LogP contribution is -2.34. The van der Waals surface area contributed by atoms with Gasteiger partial charge >= 0.3 is 0 Å². The van der Waals surface area contributed by atoms with Crippen molar-refractivity contribution in [3.8, 4) is 5.75 Å². The maximum absolute atomic E-state index is 10.3. The molecule has 1 rings (SSSR count). The second kappa shape index (κ2) is 8.22. The van der Waals surface area contributed by atoms with Crippen LogP contribution in [0.25, 0.3) is 0 Å². The first-order valence-electron chi connectivity index (χ1n) is 7.57. The van der Waals surface area contributed by atoms with Crippen molar-refractivity contribution in [3.63, 3.8) is 0 Å². The summed E-state index contributed by atoms with van der Waals surface area (Å²) in [6.45, 7) is 10.0. The summed E-state index contributed by atoms with van der Waals surface area (Å²) in [5, 5.41) is 13.6. The van der Waals surface area contributed by atoms with Crippen molar-refractivity contribution in [1.29, 1.82) is 0 Å². The summed E-state index contributed by atoms with van der Waals surface area (Å²) in [6, 6.07) is 3.88. The number of nitrogens with zero attached hydrogens (tertiary/aromatic N) is 1. The fourth-order valence-electron chi connectivity index (χ4n) is 1.91. The molecular formula is C16H28N2O2. The molecule has 0 atom stereocenters. The van der Waals surface area contributed by atoms with Gasteiger partial charge in [0.1, 0.15) is 12.4 Å². The molecule has 0 aliphatic rings. The number of rotatable bonds is 9. The molecule has 0 saturated carbocycles. The quantitative estimate of drug-likeness (QED) is 0.683. The van der Waals surface area contributed by atoms with E-state index in [0.717, 1.165) is 30.1 Å². The number of pyridine rings is 1. The third-order valence-electron chi connectivity index (χ3n) is 3.60. The average molecular weight is 280 g/mol. The highest BCUT2D eigenvalue weighted by molar-refractivity contribution is 5.29. The summed E-state index contributed by atoms with van der Waals surface area (Å²) in [6.07, 6.45) is 2.46. The number of hydrogen-bond donors (Lipinski definition) is 2. The van der Waals surface area contributed by atoms with Gasteiger partial charge < -0.3 is 15.2 Å². The summed E-state index contributed by atoms with van der Waals surface area (Å²) in [5.74, 6) is 0.763. The number of nitrogens with one attached hydrogen (secondary N) is 1. The lowest BCUT2D eigenvalue weighted by Gasteiger charge is -2.25. The summed E-state index contributed by atoms with van der Waals surface area (Å²) in [7, 11) is 0. The molecule has 20 heavy (non-hydrogen) atoms. The largest absolute Gasteiger partial charge is 0.489 e. The van der Waals surface area contributed by atoms with Crippen LogP contribution in [0.1, 0.15) is 51.4 Å². The van der Waals surface area contributed by atoms with Crippen LogP contribution >= 0.6 is 0 Å². The predicted octanol–water partition coefficient (Wildman–Crippen LogP) is 2.82. The number of hydrogen-bond acceptors (Lipinski definition) is 4. The van der Waals surface area contributed by atoms with E-state index in [1.165, 1.54) is 0 Å². The standard InChI is InChI=1S/C16H28N2O2/c1-5-10-17-11-14-15(9-8-13(4)18-14)20-12-16(19,6-2)7-3/h8-9,17,19H,5-7,10-12H2,1-4H3. The Morgan fingerprint density at radius 2 is 1.95 bits per heavy atom. The van der Waals surface area contributed by atoms with Crippen LogP contribution in [-0.4, -0.2) is 28.8 Å². The van der Waals surface area contributed by atoms with E-state index < -0.39 is 5.60 Å². The van der Waals surface area contributed by atoms with Gasteiger partial charge in [-0.3, -0.25) is 4.98 Å². The van der Waals surface area contributed by atoms with Crippen LogP contribution in [0, 0.1) is 6.92 Å². The van der Waals surface area contributed by atoms with Gasteiger partial charge in [0, 0.05) is 12.2 Å². The average Bonchev–Trinajstić information content (AvgIpc) is 2.46. The third-order valence-corrected chi connectivity index (χ3v) is 3.60. The minimum absolute atomic E-state index is 0.311. The first kappa shape index (κ1) is 16.9. The van der Waals surface area contributed by atoms with Crippen molar-refractivity contribution in [1.82, 2.24) is 10.3 Å². The van der Waals surface area contributed by atoms with Crippen molar-refractivity contribution in [3.05, 3.63) is 23.5 Å². The van der Waals surface area contributed by atoms with Gasteiger partial charge in [0.15, 0.2) is 0 Å². The van der Waals surface area contributed by atoms with Crippen molar-refractivity contribution < 1.29 is 9.84 Å². The van der Waals surface area contributed by atoms with E-state index in [4.69, 9.17) is 4.74 Å². The lowest BCUT2D eigenvalue weighted by atomic mass is 9.99. The number of aromatic nitrogens is 1. The second-order valence-corrected chi connectivity index (χ2v) is 5.29. The smallest absolute Gasteiger partial charge is 0.142 e. The number of aliphatic hydroxyl groups is 1. The Morgan fingerprint density at radius 1 is 1.25 bits per heavy atom. The van der Waals surface area contributed by atoms with Gasteiger partial charge in [0.2, 0.25) is 0 Å². The van der Waals surface area contributed by atoms with E-state index in [-0.39, 0.29) is 0 Å². The van der Waals surface area contributed by atoms with Gasteiger partial charge in [-0.15, -0.1) is 0 Å². The topological polar surface area (TPSA) is 54.4 Å². The Kier molecular flexibility index (Phi) is 6.96. The van der Waals surface area contributed by atoms with E-state index in [1.54, 1.807) is 0 Å². The zero-order valence-corrected chi connectivity index (χ0v) is 13.2. The van der Waals surface area contributed by atoms with Gasteiger partial charge in [0.25, 0.3) is 0 Å². The highest BCUT2D eigenvalue weighted by Gasteiger charge is 2.23. The number of ether oxygens (including phenoxy) is 1. The van der Waals surface area contributed by atoms with Crippen LogP contribution in [0.5, 0.6) is 5.75 Å². The van der Waals surface area contributed by atoms with Gasteiger partial charge in [0.05, 0.1) is 11.3 Å². The summed E-state index contributed by atoms with van der Waals surface area (Å²) >= 11 is 0. The van der Waals surface area contributed by atoms with Gasteiger partial charge in [-0.1, -0.05) is 20.8 Å². The maximum Gasteiger partial charge on any atom is 0.142 e. The maximum atomic E-state index is 10.3.